The van der Waals surface area contributed by atoms with Crippen LogP contribution in [0.2, 0.25) is 0 Å². The molecule has 0 aliphatic rings. The van der Waals surface area contributed by atoms with E-state index in [2.05, 4.69) is 5.32 Å². The Kier molecular flexibility index (Phi) is 10.1. The quantitative estimate of drug-likeness (QED) is 0.385. The van der Waals surface area contributed by atoms with E-state index < -0.39 is 6.04 Å². The lowest BCUT2D eigenvalue weighted by Gasteiger charge is -2.31. The minimum atomic E-state index is -0.791. The fourth-order valence-electron chi connectivity index (χ4n) is 3.58. The molecule has 0 heterocycles. The van der Waals surface area contributed by atoms with Crippen molar-refractivity contribution in [3.05, 3.63) is 102 Å². The molecule has 0 saturated carbocycles. The van der Waals surface area contributed by atoms with E-state index in [1.807, 2.05) is 85.8 Å². The van der Waals surface area contributed by atoms with E-state index >= 15 is 0 Å². The molecule has 0 fully saturated rings. The minimum absolute atomic E-state index is 0.169. The first-order chi connectivity index (χ1) is 16.7. The zero-order valence-corrected chi connectivity index (χ0v) is 19.6. The molecule has 1 atom stereocenters. The highest BCUT2D eigenvalue weighted by Crippen LogP contribution is 2.24. The molecule has 3 aromatic carbocycles. The number of rotatable bonds is 13. The van der Waals surface area contributed by atoms with Crippen molar-refractivity contribution in [1.29, 1.82) is 0 Å². The van der Waals surface area contributed by atoms with Crippen LogP contribution >= 0.6 is 0 Å². The van der Waals surface area contributed by atoms with Gasteiger partial charge in [0.2, 0.25) is 5.91 Å². The average Bonchev–Trinajstić information content (AvgIpc) is 2.88. The number of hydrogen-bond acceptors (Lipinski definition) is 4. The van der Waals surface area contributed by atoms with Gasteiger partial charge in [-0.2, -0.15) is 0 Å². The summed E-state index contributed by atoms with van der Waals surface area (Å²) in [5.41, 5.74) is 1.68. The molecule has 6 nitrogen and oxygen atoms in total. The fourth-order valence-corrected chi connectivity index (χ4v) is 3.58. The summed E-state index contributed by atoms with van der Waals surface area (Å²) in [5, 5.41) is 2.98. The van der Waals surface area contributed by atoms with Crippen molar-refractivity contribution < 1.29 is 19.1 Å². The van der Waals surface area contributed by atoms with E-state index in [9.17, 15) is 9.59 Å². The van der Waals surface area contributed by atoms with Crippen molar-refractivity contribution in [1.82, 2.24) is 10.2 Å². The van der Waals surface area contributed by atoms with Crippen LogP contribution in [-0.4, -0.2) is 43.1 Å². The summed E-state index contributed by atoms with van der Waals surface area (Å²) in [5.74, 6) is 0.102. The number of para-hydroxylation sites is 1. The number of nitrogens with one attached hydrogen (secondary N) is 1. The number of benzene rings is 3. The number of hydrogen-bond donors (Lipinski definition) is 1. The third-order valence-corrected chi connectivity index (χ3v) is 5.27. The van der Waals surface area contributed by atoms with Gasteiger partial charge in [0.1, 0.15) is 11.8 Å². The van der Waals surface area contributed by atoms with Crippen molar-refractivity contribution in [2.45, 2.75) is 25.9 Å². The second-order valence-corrected chi connectivity index (χ2v) is 7.76. The predicted octanol–water partition coefficient (Wildman–Crippen LogP) is 4.38. The third kappa shape index (κ3) is 7.74. The Morgan fingerprint density at radius 1 is 0.882 bits per heavy atom. The van der Waals surface area contributed by atoms with E-state index in [0.717, 1.165) is 11.1 Å². The molecule has 1 N–H and O–H groups in total. The van der Waals surface area contributed by atoms with Crippen LogP contribution < -0.4 is 10.1 Å². The Labute approximate surface area is 201 Å². The molecule has 0 aliphatic carbocycles. The molecule has 178 valence electrons. The van der Waals surface area contributed by atoms with Crippen LogP contribution in [0.4, 0.5) is 0 Å². The summed E-state index contributed by atoms with van der Waals surface area (Å²) >= 11 is 0. The van der Waals surface area contributed by atoms with Crippen LogP contribution in [0.1, 0.15) is 30.5 Å². The van der Waals surface area contributed by atoms with E-state index in [0.29, 0.717) is 31.9 Å². The SMILES string of the molecule is CCOCCCNC(=O)[C@@H](c1ccccc1)N(Cc1ccccc1)C(=O)COc1ccccc1. The molecule has 3 rings (SSSR count). The lowest BCUT2D eigenvalue weighted by molar-refractivity contribution is -0.143. The highest BCUT2D eigenvalue weighted by Gasteiger charge is 2.31. The Morgan fingerprint density at radius 2 is 1.50 bits per heavy atom. The van der Waals surface area contributed by atoms with Gasteiger partial charge in [0, 0.05) is 26.3 Å². The maximum atomic E-state index is 13.5. The molecule has 6 heteroatoms. The van der Waals surface area contributed by atoms with Crippen molar-refractivity contribution >= 4 is 11.8 Å². The fraction of sp³-hybridized carbons (Fsp3) is 0.286. The second kappa shape index (κ2) is 13.8. The predicted molar refractivity (Wildman–Crippen MR) is 132 cm³/mol. The van der Waals surface area contributed by atoms with Gasteiger partial charge < -0.3 is 19.7 Å². The van der Waals surface area contributed by atoms with Gasteiger partial charge in [0.15, 0.2) is 6.61 Å². The number of nitrogens with zero attached hydrogens (tertiary/aromatic N) is 1. The van der Waals surface area contributed by atoms with Gasteiger partial charge in [-0.3, -0.25) is 9.59 Å². The first-order valence-corrected chi connectivity index (χ1v) is 11.6. The van der Waals surface area contributed by atoms with Gasteiger partial charge in [0.05, 0.1) is 0 Å². The standard InChI is InChI=1S/C28H32N2O4/c1-2-33-20-12-19-29-28(32)27(24-15-8-4-9-16-24)30(21-23-13-6-3-7-14-23)26(31)22-34-25-17-10-5-11-18-25/h3-11,13-18,27H,2,12,19-22H2,1H3,(H,29,32)/t27-/m1/s1. The highest BCUT2D eigenvalue weighted by atomic mass is 16.5. The maximum absolute atomic E-state index is 13.5. The van der Waals surface area contributed by atoms with E-state index in [1.165, 1.54) is 0 Å². The highest BCUT2D eigenvalue weighted by molar-refractivity contribution is 5.89. The monoisotopic (exact) mass is 460 g/mol. The van der Waals surface area contributed by atoms with Gasteiger partial charge in [0.25, 0.3) is 5.91 Å². The Hall–Kier alpha value is -3.64. The maximum Gasteiger partial charge on any atom is 0.261 e. The van der Waals surface area contributed by atoms with Crippen molar-refractivity contribution in [3.63, 3.8) is 0 Å². The lowest BCUT2D eigenvalue weighted by Crippen LogP contribution is -2.45. The molecule has 0 saturated heterocycles. The average molecular weight is 461 g/mol. The smallest absolute Gasteiger partial charge is 0.261 e. The van der Waals surface area contributed by atoms with Crippen molar-refractivity contribution in [2.24, 2.45) is 0 Å². The first kappa shape index (κ1) is 25.0. The topological polar surface area (TPSA) is 67.9 Å². The van der Waals surface area contributed by atoms with Gasteiger partial charge >= 0.3 is 0 Å². The summed E-state index contributed by atoms with van der Waals surface area (Å²) in [6, 6.07) is 27.4. The zero-order valence-electron chi connectivity index (χ0n) is 19.6. The van der Waals surface area contributed by atoms with Crippen LogP contribution in [0, 0.1) is 0 Å². The Balaban J connectivity index is 1.83. The number of amides is 2. The molecule has 0 aromatic heterocycles. The van der Waals surface area contributed by atoms with Gasteiger partial charge in [-0.1, -0.05) is 78.9 Å². The Bertz CT molecular complexity index is 997. The second-order valence-electron chi connectivity index (χ2n) is 7.76. The minimum Gasteiger partial charge on any atom is -0.484 e. The van der Waals surface area contributed by atoms with Crippen LogP contribution in [0.3, 0.4) is 0 Å². The molecule has 2 amide bonds. The normalized spacial score (nSPS) is 11.4. The van der Waals surface area contributed by atoms with Crippen molar-refractivity contribution in [2.75, 3.05) is 26.4 Å². The molecular weight excluding hydrogens is 428 g/mol. The van der Waals surface area contributed by atoms with E-state index in [1.54, 1.807) is 17.0 Å². The molecule has 0 unspecified atom stereocenters. The zero-order chi connectivity index (χ0) is 24.0. The molecule has 0 bridgehead atoms. The van der Waals surface area contributed by atoms with Crippen molar-refractivity contribution in [3.8, 4) is 5.75 Å². The Morgan fingerprint density at radius 3 is 2.15 bits per heavy atom. The van der Waals surface area contributed by atoms with Gasteiger partial charge in [-0.15, -0.1) is 0 Å². The van der Waals surface area contributed by atoms with Gasteiger partial charge in [-0.05, 0) is 36.6 Å². The first-order valence-electron chi connectivity index (χ1n) is 11.6. The van der Waals surface area contributed by atoms with Crippen LogP contribution in [0.5, 0.6) is 5.75 Å². The third-order valence-electron chi connectivity index (χ3n) is 5.27. The van der Waals surface area contributed by atoms with E-state index in [-0.39, 0.29) is 25.0 Å². The number of ether oxygens (including phenoxy) is 2. The lowest BCUT2D eigenvalue weighted by atomic mass is 10.0. The molecule has 0 aliphatic heterocycles. The molecule has 0 radical (unpaired) electrons. The van der Waals surface area contributed by atoms with Gasteiger partial charge in [-0.25, -0.2) is 0 Å². The summed E-state index contributed by atoms with van der Waals surface area (Å²) < 4.78 is 11.1. The molecule has 0 spiro atoms. The largest absolute Gasteiger partial charge is 0.484 e. The number of carbonyl (C=O) groups excluding carboxylic acids is 2. The molecular formula is C28H32N2O4. The number of carbonyl (C=O) groups is 2. The summed E-state index contributed by atoms with van der Waals surface area (Å²) in [7, 11) is 0. The van der Waals surface area contributed by atoms with Crippen LogP contribution in [0.25, 0.3) is 0 Å². The van der Waals surface area contributed by atoms with E-state index in [4.69, 9.17) is 9.47 Å². The van der Waals surface area contributed by atoms with Crippen LogP contribution in [-0.2, 0) is 20.9 Å². The summed E-state index contributed by atoms with van der Waals surface area (Å²) in [6.45, 7) is 3.73. The molecule has 34 heavy (non-hydrogen) atoms. The summed E-state index contributed by atoms with van der Waals surface area (Å²) in [4.78, 5) is 28.4. The summed E-state index contributed by atoms with van der Waals surface area (Å²) in [6.07, 6.45) is 0.699. The van der Waals surface area contributed by atoms with Crippen LogP contribution in [0.15, 0.2) is 91.0 Å². The molecule has 3 aromatic rings.